The van der Waals surface area contributed by atoms with Gasteiger partial charge in [0, 0.05) is 23.7 Å². The van der Waals surface area contributed by atoms with Crippen LogP contribution in [0.25, 0.3) is 28.2 Å². The molecule has 0 aliphatic heterocycles. The van der Waals surface area contributed by atoms with E-state index >= 15 is 4.39 Å². The van der Waals surface area contributed by atoms with E-state index in [2.05, 4.69) is 19.7 Å². The largest absolute Gasteiger partial charge is 0.340 e. The summed E-state index contributed by atoms with van der Waals surface area (Å²) in [5, 5.41) is 0.110. The smallest absolute Gasteiger partial charge is 0.263 e. The molecule has 4 aromatic heterocycles. The number of nitrogens with one attached hydrogen (secondary N) is 2. The fourth-order valence-corrected chi connectivity index (χ4v) is 6.26. The number of hydrogen-bond acceptors (Lipinski definition) is 5. The SMILES string of the molecule is Cc1ncc(Cl)cc1S(=O)(=O)Nc1ccc(F)c(-c2ccc3c(-c4nc5c([nH]4)CCCC5)ncn3c2)c1F. The van der Waals surface area contributed by atoms with Gasteiger partial charge in [-0.25, -0.2) is 27.2 Å². The molecule has 1 aromatic carbocycles. The minimum absolute atomic E-state index is 0.110. The monoisotopic (exact) mass is 554 g/mol. The molecule has 0 bridgehead atoms. The number of hydrogen-bond donors (Lipinski definition) is 2. The zero-order valence-electron chi connectivity index (χ0n) is 20.1. The van der Waals surface area contributed by atoms with Gasteiger partial charge < -0.3 is 9.38 Å². The van der Waals surface area contributed by atoms with E-state index in [0.717, 1.165) is 49.2 Å². The second-order valence-electron chi connectivity index (χ2n) is 9.15. The summed E-state index contributed by atoms with van der Waals surface area (Å²) in [4.78, 5) is 16.3. The minimum Gasteiger partial charge on any atom is -0.340 e. The molecule has 0 saturated carbocycles. The maximum atomic E-state index is 15.6. The van der Waals surface area contributed by atoms with Gasteiger partial charge in [0.15, 0.2) is 11.6 Å². The van der Waals surface area contributed by atoms with Gasteiger partial charge in [0.05, 0.1) is 33.2 Å². The van der Waals surface area contributed by atoms with Crippen molar-refractivity contribution in [1.82, 2.24) is 24.3 Å². The van der Waals surface area contributed by atoms with Gasteiger partial charge in [0.2, 0.25) is 0 Å². The Kier molecular flexibility index (Phi) is 5.92. The van der Waals surface area contributed by atoms with Crippen LogP contribution in [0.4, 0.5) is 14.5 Å². The molecule has 5 aromatic rings. The summed E-state index contributed by atoms with van der Waals surface area (Å²) in [5.41, 5.74) is 3.12. The van der Waals surface area contributed by atoms with Crippen LogP contribution in [0.2, 0.25) is 5.02 Å². The molecule has 6 rings (SSSR count). The summed E-state index contributed by atoms with van der Waals surface area (Å²) in [7, 11) is -4.25. The number of pyridine rings is 2. The van der Waals surface area contributed by atoms with E-state index in [9.17, 15) is 12.8 Å². The van der Waals surface area contributed by atoms with Gasteiger partial charge in [0.1, 0.15) is 22.7 Å². The lowest BCUT2D eigenvalue weighted by Gasteiger charge is -2.14. The van der Waals surface area contributed by atoms with Crippen LogP contribution in [-0.4, -0.2) is 32.8 Å². The molecule has 1 aliphatic rings. The van der Waals surface area contributed by atoms with E-state index in [-0.39, 0.29) is 26.7 Å². The lowest BCUT2D eigenvalue weighted by molar-refractivity contribution is 0.587. The highest BCUT2D eigenvalue weighted by Crippen LogP contribution is 2.34. The Bertz CT molecular complexity index is 1810. The molecule has 38 heavy (non-hydrogen) atoms. The minimum atomic E-state index is -4.25. The maximum Gasteiger partial charge on any atom is 0.263 e. The Hall–Kier alpha value is -3.83. The Morgan fingerprint density at radius 2 is 1.92 bits per heavy atom. The number of nitrogens with zero attached hydrogens (tertiary/aromatic N) is 4. The van der Waals surface area contributed by atoms with Crippen LogP contribution in [0.5, 0.6) is 0 Å². The highest BCUT2D eigenvalue weighted by molar-refractivity contribution is 7.92. The first-order valence-corrected chi connectivity index (χ1v) is 13.8. The summed E-state index contributed by atoms with van der Waals surface area (Å²) in [6.07, 6.45) is 8.49. The van der Waals surface area contributed by atoms with Crippen molar-refractivity contribution in [2.75, 3.05) is 4.72 Å². The summed E-state index contributed by atoms with van der Waals surface area (Å²) in [5.74, 6) is -1.24. The molecule has 8 nitrogen and oxygen atoms in total. The first-order chi connectivity index (χ1) is 18.2. The van der Waals surface area contributed by atoms with Crippen LogP contribution in [0.15, 0.2) is 53.9 Å². The first kappa shape index (κ1) is 24.5. The summed E-state index contributed by atoms with van der Waals surface area (Å²) in [6, 6.07) is 6.53. The van der Waals surface area contributed by atoms with Crippen LogP contribution in [-0.2, 0) is 22.9 Å². The zero-order chi connectivity index (χ0) is 26.6. The third kappa shape index (κ3) is 4.21. The molecule has 1 aliphatic carbocycles. The molecule has 12 heteroatoms. The van der Waals surface area contributed by atoms with E-state index < -0.39 is 27.3 Å². The van der Waals surface area contributed by atoms with Crippen LogP contribution in [0.3, 0.4) is 0 Å². The van der Waals surface area contributed by atoms with Crippen molar-refractivity contribution in [3.8, 4) is 22.6 Å². The number of imidazole rings is 2. The zero-order valence-corrected chi connectivity index (χ0v) is 21.7. The van der Waals surface area contributed by atoms with Crippen molar-refractivity contribution in [1.29, 1.82) is 0 Å². The standard InChI is InChI=1S/C26H21ClF2N6O2S/c1-14-22(10-16(27)11-30-14)38(36,37)34-20-8-7-17(28)23(24(20)29)15-6-9-21-25(31-13-35(21)12-15)26-32-18-4-2-3-5-19(18)33-26/h6-13,34H,2-5H2,1H3,(H,32,33). The van der Waals surface area contributed by atoms with Gasteiger partial charge in [-0.2, -0.15) is 0 Å². The van der Waals surface area contributed by atoms with Gasteiger partial charge in [-0.05, 0) is 56.9 Å². The molecule has 194 valence electrons. The number of halogens is 3. The van der Waals surface area contributed by atoms with Crippen molar-refractivity contribution in [2.45, 2.75) is 37.5 Å². The van der Waals surface area contributed by atoms with Gasteiger partial charge >= 0.3 is 0 Å². The van der Waals surface area contributed by atoms with Crippen LogP contribution < -0.4 is 4.72 Å². The Balaban J connectivity index is 1.37. The molecule has 0 amide bonds. The van der Waals surface area contributed by atoms with Crippen LogP contribution >= 0.6 is 11.6 Å². The van der Waals surface area contributed by atoms with E-state index in [0.29, 0.717) is 17.0 Å². The number of aromatic nitrogens is 5. The van der Waals surface area contributed by atoms with E-state index in [1.165, 1.54) is 19.2 Å². The lowest BCUT2D eigenvalue weighted by Crippen LogP contribution is -2.16. The third-order valence-corrected chi connectivity index (χ3v) is 8.32. The molecule has 2 N–H and O–H groups in total. The van der Waals surface area contributed by atoms with Gasteiger partial charge in [0.25, 0.3) is 10.0 Å². The second-order valence-corrected chi connectivity index (χ2v) is 11.2. The quantitative estimate of drug-likeness (QED) is 0.290. The number of sulfonamides is 1. The second kappa shape index (κ2) is 9.17. The molecule has 0 fully saturated rings. The molecule has 0 radical (unpaired) electrons. The van der Waals surface area contributed by atoms with Crippen molar-refractivity contribution in [3.63, 3.8) is 0 Å². The van der Waals surface area contributed by atoms with Crippen molar-refractivity contribution in [2.24, 2.45) is 0 Å². The predicted molar refractivity (Wildman–Crippen MR) is 140 cm³/mol. The van der Waals surface area contributed by atoms with Crippen molar-refractivity contribution >= 4 is 32.8 Å². The van der Waals surface area contributed by atoms with Crippen molar-refractivity contribution in [3.05, 3.63) is 82.8 Å². The molecule has 0 saturated heterocycles. The lowest BCUT2D eigenvalue weighted by atomic mass is 10.0. The number of benzene rings is 1. The average Bonchev–Trinajstić information content (AvgIpc) is 3.51. The fraction of sp³-hybridized carbons (Fsp3) is 0.192. The van der Waals surface area contributed by atoms with Crippen LogP contribution in [0.1, 0.15) is 29.9 Å². The van der Waals surface area contributed by atoms with Gasteiger partial charge in [-0.15, -0.1) is 0 Å². The highest BCUT2D eigenvalue weighted by Gasteiger charge is 2.24. The fourth-order valence-electron chi connectivity index (χ4n) is 4.75. The molecular formula is C26H21ClF2N6O2S. The predicted octanol–water partition coefficient (Wildman–Crippen LogP) is 5.71. The molecular weight excluding hydrogens is 534 g/mol. The Morgan fingerprint density at radius 1 is 1.11 bits per heavy atom. The summed E-state index contributed by atoms with van der Waals surface area (Å²) in [6.45, 7) is 1.49. The number of H-pyrrole nitrogens is 1. The molecule has 0 unspecified atom stereocenters. The number of rotatable bonds is 5. The number of fused-ring (bicyclic) bond motifs is 2. The van der Waals surface area contributed by atoms with E-state index in [4.69, 9.17) is 16.6 Å². The number of aromatic amines is 1. The highest BCUT2D eigenvalue weighted by atomic mass is 35.5. The van der Waals surface area contributed by atoms with Crippen molar-refractivity contribution < 1.29 is 17.2 Å². The van der Waals surface area contributed by atoms with Gasteiger partial charge in [-0.1, -0.05) is 17.7 Å². The molecule has 0 spiro atoms. The summed E-state index contributed by atoms with van der Waals surface area (Å²) >= 11 is 5.91. The average molecular weight is 555 g/mol. The first-order valence-electron chi connectivity index (χ1n) is 11.9. The topological polar surface area (TPSA) is 105 Å². The Labute approximate surface area is 221 Å². The molecule has 4 heterocycles. The van der Waals surface area contributed by atoms with Crippen LogP contribution in [0, 0.1) is 18.6 Å². The maximum absolute atomic E-state index is 15.6. The van der Waals surface area contributed by atoms with E-state index in [1.54, 1.807) is 29.1 Å². The Morgan fingerprint density at radius 3 is 2.74 bits per heavy atom. The van der Waals surface area contributed by atoms with Gasteiger partial charge in [-0.3, -0.25) is 9.71 Å². The summed E-state index contributed by atoms with van der Waals surface area (Å²) < 4.78 is 60.3. The van der Waals surface area contributed by atoms with E-state index in [1.807, 2.05) is 0 Å². The molecule has 0 atom stereocenters. The normalized spacial score (nSPS) is 13.6. The number of aryl methyl sites for hydroxylation is 3. The number of anilines is 1. The third-order valence-electron chi connectivity index (χ3n) is 6.63.